The summed E-state index contributed by atoms with van der Waals surface area (Å²) in [6.45, 7) is 8.59. The third kappa shape index (κ3) is 6.84. The Balaban J connectivity index is 1.77. The number of nitrogens with one attached hydrogen (secondary N) is 2. The van der Waals surface area contributed by atoms with E-state index in [9.17, 15) is 9.59 Å². The summed E-state index contributed by atoms with van der Waals surface area (Å²) in [6, 6.07) is 7.35. The Bertz CT molecular complexity index is 623. The molecule has 1 fully saturated rings. The lowest BCUT2D eigenvalue weighted by Gasteiger charge is -2.38. The molecule has 1 aliphatic heterocycles. The topological polar surface area (TPSA) is 73.9 Å². The summed E-state index contributed by atoms with van der Waals surface area (Å²) in [6.07, 6.45) is 0.777. The van der Waals surface area contributed by atoms with Gasteiger partial charge in [-0.3, -0.25) is 9.69 Å². The van der Waals surface area contributed by atoms with Crippen LogP contribution >= 0.6 is 0 Å². The van der Waals surface area contributed by atoms with Crippen molar-refractivity contribution in [2.75, 3.05) is 39.0 Å². The number of anilines is 1. The lowest BCUT2D eigenvalue weighted by atomic mass is 10.1. The quantitative estimate of drug-likeness (QED) is 0.796. The molecule has 1 aliphatic rings. The van der Waals surface area contributed by atoms with Gasteiger partial charge in [-0.1, -0.05) is 12.1 Å². The number of hydrogen-bond donors (Lipinski definition) is 2. The molecule has 7 nitrogen and oxygen atoms in total. The summed E-state index contributed by atoms with van der Waals surface area (Å²) in [5, 5.41) is 5.76. The Kier molecular flexibility index (Phi) is 7.62. The highest BCUT2D eigenvalue weighted by Crippen LogP contribution is 2.13. The zero-order chi connectivity index (χ0) is 20.0. The fraction of sp³-hybridized carbons (Fsp3) is 0.600. The normalized spacial score (nSPS) is 21.4. The highest BCUT2D eigenvalue weighted by atomic mass is 16.5. The number of nitrogens with zero attached hydrogens (tertiary/aromatic N) is 2. The van der Waals surface area contributed by atoms with Crippen molar-refractivity contribution in [2.45, 2.75) is 45.4 Å². The molecule has 3 amide bonds. The van der Waals surface area contributed by atoms with Crippen LogP contribution in [0.4, 0.5) is 10.5 Å². The number of hydrogen-bond acceptors (Lipinski definition) is 4. The maximum Gasteiger partial charge on any atom is 0.319 e. The number of carbonyl (C=O) groups is 2. The van der Waals surface area contributed by atoms with Gasteiger partial charge in [-0.05, 0) is 38.5 Å². The van der Waals surface area contributed by atoms with Crippen molar-refractivity contribution in [2.24, 2.45) is 0 Å². The first-order valence-corrected chi connectivity index (χ1v) is 9.48. The Morgan fingerprint density at radius 1 is 1.19 bits per heavy atom. The Morgan fingerprint density at radius 2 is 1.78 bits per heavy atom. The third-order valence-electron chi connectivity index (χ3n) is 4.70. The van der Waals surface area contributed by atoms with Gasteiger partial charge in [-0.2, -0.15) is 0 Å². The van der Waals surface area contributed by atoms with Gasteiger partial charge in [0.15, 0.2) is 0 Å². The van der Waals surface area contributed by atoms with Crippen molar-refractivity contribution in [3.63, 3.8) is 0 Å². The number of carbonyl (C=O) groups excluding carboxylic acids is 2. The fourth-order valence-corrected chi connectivity index (χ4v) is 3.16. The number of likely N-dealkylation sites (N-methyl/N-ethyl adjacent to an activating group) is 1. The molecule has 0 radical (unpaired) electrons. The number of rotatable bonds is 6. The lowest BCUT2D eigenvalue weighted by molar-refractivity contribution is -0.127. The monoisotopic (exact) mass is 376 g/mol. The molecule has 0 bridgehead atoms. The van der Waals surface area contributed by atoms with Crippen LogP contribution in [0.2, 0.25) is 0 Å². The number of morpholine rings is 1. The van der Waals surface area contributed by atoms with Gasteiger partial charge in [-0.25, -0.2) is 4.79 Å². The van der Waals surface area contributed by atoms with Crippen molar-refractivity contribution in [1.82, 2.24) is 15.1 Å². The third-order valence-corrected chi connectivity index (χ3v) is 4.70. The zero-order valence-corrected chi connectivity index (χ0v) is 17.0. The maximum absolute atomic E-state index is 12.2. The van der Waals surface area contributed by atoms with Gasteiger partial charge in [0.25, 0.3) is 0 Å². The highest BCUT2D eigenvalue weighted by molar-refractivity contribution is 5.89. The van der Waals surface area contributed by atoms with Crippen LogP contribution in [0.25, 0.3) is 0 Å². The van der Waals surface area contributed by atoms with Crippen LogP contribution in [0.3, 0.4) is 0 Å². The summed E-state index contributed by atoms with van der Waals surface area (Å²) >= 11 is 0. The van der Waals surface area contributed by atoms with E-state index in [0.29, 0.717) is 18.7 Å². The van der Waals surface area contributed by atoms with Crippen LogP contribution in [-0.4, -0.2) is 73.7 Å². The number of benzene rings is 1. The van der Waals surface area contributed by atoms with Gasteiger partial charge >= 0.3 is 6.03 Å². The molecule has 3 atom stereocenters. The molecule has 1 saturated heterocycles. The van der Waals surface area contributed by atoms with Gasteiger partial charge in [-0.15, -0.1) is 0 Å². The van der Waals surface area contributed by atoms with Crippen molar-refractivity contribution < 1.29 is 14.3 Å². The molecule has 27 heavy (non-hydrogen) atoms. The fourth-order valence-electron chi connectivity index (χ4n) is 3.16. The summed E-state index contributed by atoms with van der Waals surface area (Å²) in [5.74, 6) is 0.0502. The minimum Gasteiger partial charge on any atom is -0.373 e. The predicted octanol–water partition coefficient (Wildman–Crippen LogP) is 1.94. The van der Waals surface area contributed by atoms with E-state index in [0.717, 1.165) is 18.7 Å². The van der Waals surface area contributed by atoms with E-state index in [-0.39, 0.29) is 30.2 Å². The molecular weight excluding hydrogens is 344 g/mol. The van der Waals surface area contributed by atoms with E-state index >= 15 is 0 Å². The number of amides is 3. The Labute approximate surface area is 162 Å². The second-order valence-electron chi connectivity index (χ2n) is 7.56. The SMILES string of the molecule is C[C@@H]1CN([C@@H](C)CNC(=O)Nc2ccc(CC(=O)N(C)C)cc2)C[C@@H](C)O1. The standard InChI is InChI=1S/C20H32N4O3/c1-14(24-12-15(2)27-16(3)13-24)11-21-20(26)22-18-8-6-17(7-9-18)10-19(25)23(4)5/h6-9,14-16H,10-13H2,1-5H3,(H2,21,22,26)/t14-,15+,16+/m0/s1. The van der Waals surface area contributed by atoms with Crippen LogP contribution in [0.1, 0.15) is 26.3 Å². The summed E-state index contributed by atoms with van der Waals surface area (Å²) in [7, 11) is 3.48. The predicted molar refractivity (Wildman–Crippen MR) is 107 cm³/mol. The Hall–Kier alpha value is -2.12. The average molecular weight is 377 g/mol. The van der Waals surface area contributed by atoms with Crippen LogP contribution in [0.5, 0.6) is 0 Å². The van der Waals surface area contributed by atoms with Gasteiger partial charge in [0.2, 0.25) is 5.91 Å². The lowest BCUT2D eigenvalue weighted by Crippen LogP contribution is -2.52. The zero-order valence-electron chi connectivity index (χ0n) is 17.0. The van der Waals surface area contributed by atoms with E-state index in [1.54, 1.807) is 19.0 Å². The van der Waals surface area contributed by atoms with E-state index in [2.05, 4.69) is 36.3 Å². The molecule has 150 valence electrons. The van der Waals surface area contributed by atoms with Gasteiger partial charge < -0.3 is 20.3 Å². The van der Waals surface area contributed by atoms with Crippen molar-refractivity contribution >= 4 is 17.6 Å². The van der Waals surface area contributed by atoms with Crippen molar-refractivity contribution in [1.29, 1.82) is 0 Å². The molecule has 1 aromatic rings. The molecule has 1 aromatic carbocycles. The molecule has 0 aromatic heterocycles. The van der Waals surface area contributed by atoms with Crippen LogP contribution in [0, 0.1) is 0 Å². The van der Waals surface area contributed by atoms with Crippen LogP contribution < -0.4 is 10.6 Å². The smallest absolute Gasteiger partial charge is 0.319 e. The van der Waals surface area contributed by atoms with Gasteiger partial charge in [0.1, 0.15) is 0 Å². The average Bonchev–Trinajstić information content (AvgIpc) is 2.60. The summed E-state index contributed by atoms with van der Waals surface area (Å²) < 4.78 is 5.75. The Morgan fingerprint density at radius 3 is 2.33 bits per heavy atom. The van der Waals surface area contributed by atoms with Crippen LogP contribution in [-0.2, 0) is 16.0 Å². The molecule has 1 heterocycles. The van der Waals surface area contributed by atoms with E-state index in [1.165, 1.54) is 0 Å². The molecule has 0 aliphatic carbocycles. The molecule has 0 saturated carbocycles. The van der Waals surface area contributed by atoms with E-state index in [4.69, 9.17) is 4.74 Å². The molecule has 2 N–H and O–H groups in total. The van der Waals surface area contributed by atoms with Gasteiger partial charge in [0.05, 0.1) is 18.6 Å². The van der Waals surface area contributed by atoms with Crippen LogP contribution in [0.15, 0.2) is 24.3 Å². The van der Waals surface area contributed by atoms with E-state index in [1.807, 2.05) is 24.3 Å². The van der Waals surface area contributed by atoms with Crippen molar-refractivity contribution in [3.8, 4) is 0 Å². The molecule has 0 spiro atoms. The van der Waals surface area contributed by atoms with Crippen molar-refractivity contribution in [3.05, 3.63) is 29.8 Å². The minimum absolute atomic E-state index is 0.0502. The molecular formula is C20H32N4O3. The molecule has 7 heteroatoms. The summed E-state index contributed by atoms with van der Waals surface area (Å²) in [4.78, 5) is 27.8. The first kappa shape index (κ1) is 21.2. The number of urea groups is 1. The van der Waals surface area contributed by atoms with E-state index < -0.39 is 0 Å². The largest absolute Gasteiger partial charge is 0.373 e. The minimum atomic E-state index is -0.228. The first-order valence-electron chi connectivity index (χ1n) is 9.48. The maximum atomic E-state index is 12.2. The highest BCUT2D eigenvalue weighted by Gasteiger charge is 2.25. The number of ether oxygens (including phenoxy) is 1. The molecule has 2 rings (SSSR count). The second-order valence-corrected chi connectivity index (χ2v) is 7.56. The second kappa shape index (κ2) is 9.71. The van der Waals surface area contributed by atoms with Gasteiger partial charge in [0, 0.05) is 45.5 Å². The molecule has 0 unspecified atom stereocenters. The first-order chi connectivity index (χ1) is 12.7. The summed E-state index contributed by atoms with van der Waals surface area (Å²) in [5.41, 5.74) is 1.62.